The number of carbonyl (C=O) groups excluding carboxylic acids is 2. The number of hydrogen-bond donors (Lipinski definition) is 1. The number of amides is 2. The van der Waals surface area contributed by atoms with Crippen LogP contribution in [0.1, 0.15) is 40.2 Å². The Kier molecular flexibility index (Phi) is 7.28. The van der Waals surface area contributed by atoms with Crippen molar-refractivity contribution in [2.75, 3.05) is 19.0 Å². The van der Waals surface area contributed by atoms with Gasteiger partial charge in [-0.1, -0.05) is 18.2 Å². The van der Waals surface area contributed by atoms with Crippen molar-refractivity contribution in [1.29, 1.82) is 5.26 Å². The van der Waals surface area contributed by atoms with Crippen molar-refractivity contribution in [3.05, 3.63) is 64.1 Å². The van der Waals surface area contributed by atoms with E-state index in [2.05, 4.69) is 16.4 Å². The van der Waals surface area contributed by atoms with Gasteiger partial charge in [-0.25, -0.2) is 4.98 Å². The van der Waals surface area contributed by atoms with Gasteiger partial charge in [0.05, 0.1) is 19.2 Å². The molecule has 34 heavy (non-hydrogen) atoms. The van der Waals surface area contributed by atoms with Crippen LogP contribution >= 0.6 is 11.3 Å². The summed E-state index contributed by atoms with van der Waals surface area (Å²) in [5, 5.41) is 13.2. The number of thiophene rings is 1. The second kappa shape index (κ2) is 10.5. The average Bonchev–Trinajstić information content (AvgIpc) is 3.42. The number of fused-ring (bicyclic) bond motifs is 1. The molecule has 9 heteroatoms. The summed E-state index contributed by atoms with van der Waals surface area (Å²) in [7, 11) is 3.53. The molecular formula is C25H27N5O3S. The maximum Gasteiger partial charge on any atom is 0.225 e. The number of rotatable bonds is 8. The molecule has 1 aliphatic rings. The SMILES string of the molecule is COc1ccccc1CCC(=O)Nc1sc2c(c1C#N)CCN(C(=O)CCc1nccn1C)C2. The molecule has 8 nitrogen and oxygen atoms in total. The van der Waals surface area contributed by atoms with Crippen molar-refractivity contribution in [2.24, 2.45) is 7.05 Å². The van der Waals surface area contributed by atoms with Crippen LogP contribution in [0.15, 0.2) is 36.7 Å². The van der Waals surface area contributed by atoms with Crippen LogP contribution in [0.25, 0.3) is 0 Å². The van der Waals surface area contributed by atoms with Gasteiger partial charge >= 0.3 is 0 Å². The summed E-state index contributed by atoms with van der Waals surface area (Å²) in [6.07, 6.45) is 6.02. The molecule has 176 valence electrons. The second-order valence-electron chi connectivity index (χ2n) is 8.20. The summed E-state index contributed by atoms with van der Waals surface area (Å²) >= 11 is 1.39. The number of nitriles is 1. The van der Waals surface area contributed by atoms with Gasteiger partial charge in [-0.3, -0.25) is 9.59 Å². The molecule has 0 fully saturated rings. The standard InChI is InChI=1S/C25H27N5O3S/c1-29-14-12-27-22(29)8-10-24(32)30-13-11-18-19(15-26)25(34-21(18)16-30)28-23(31)9-7-17-5-3-4-6-20(17)33-2/h3-6,12,14H,7-11,13,16H2,1-2H3,(H,28,31). The van der Waals surface area contributed by atoms with Crippen molar-refractivity contribution < 1.29 is 14.3 Å². The van der Waals surface area contributed by atoms with Crippen molar-refractivity contribution in [2.45, 2.75) is 38.6 Å². The van der Waals surface area contributed by atoms with Crippen LogP contribution < -0.4 is 10.1 Å². The normalized spacial score (nSPS) is 12.7. The average molecular weight is 478 g/mol. The number of carbonyl (C=O) groups is 2. The second-order valence-corrected chi connectivity index (χ2v) is 9.30. The van der Waals surface area contributed by atoms with E-state index in [9.17, 15) is 14.9 Å². The van der Waals surface area contributed by atoms with Gasteiger partial charge in [0.2, 0.25) is 11.8 Å². The van der Waals surface area contributed by atoms with Gasteiger partial charge in [0.25, 0.3) is 0 Å². The van der Waals surface area contributed by atoms with Gasteiger partial charge in [-0.15, -0.1) is 11.3 Å². The number of ether oxygens (including phenoxy) is 1. The first kappa shape index (κ1) is 23.5. The number of nitrogens with one attached hydrogen (secondary N) is 1. The van der Waals surface area contributed by atoms with Crippen LogP contribution in [-0.2, 0) is 42.4 Å². The number of imidazole rings is 1. The van der Waals surface area contributed by atoms with Gasteiger partial charge in [-0.05, 0) is 30.0 Å². The molecular weight excluding hydrogens is 450 g/mol. The lowest BCUT2D eigenvalue weighted by atomic mass is 10.0. The minimum Gasteiger partial charge on any atom is -0.496 e. The lowest BCUT2D eigenvalue weighted by molar-refractivity contribution is -0.132. The number of benzene rings is 1. The molecule has 1 N–H and O–H groups in total. The number of para-hydroxylation sites is 1. The van der Waals surface area contributed by atoms with Crippen LogP contribution in [0.5, 0.6) is 5.75 Å². The number of aromatic nitrogens is 2. The maximum atomic E-state index is 12.8. The highest BCUT2D eigenvalue weighted by Crippen LogP contribution is 2.37. The molecule has 2 aromatic heterocycles. The third-order valence-electron chi connectivity index (χ3n) is 6.07. The van der Waals surface area contributed by atoms with Crippen LogP contribution in [0.2, 0.25) is 0 Å². The molecule has 0 unspecified atom stereocenters. The summed E-state index contributed by atoms with van der Waals surface area (Å²) in [5.41, 5.74) is 2.43. The third-order valence-corrected chi connectivity index (χ3v) is 7.20. The lowest BCUT2D eigenvalue weighted by Crippen LogP contribution is -2.35. The zero-order valence-electron chi connectivity index (χ0n) is 19.3. The molecule has 2 amide bonds. The smallest absolute Gasteiger partial charge is 0.225 e. The van der Waals surface area contributed by atoms with Crippen LogP contribution in [0.4, 0.5) is 5.00 Å². The van der Waals surface area contributed by atoms with Gasteiger partial charge in [-0.2, -0.15) is 5.26 Å². The Labute approximate surface area is 202 Å². The molecule has 0 spiro atoms. The Bertz CT molecular complexity index is 1240. The first-order valence-electron chi connectivity index (χ1n) is 11.2. The fourth-order valence-corrected chi connectivity index (χ4v) is 5.41. The molecule has 0 radical (unpaired) electrons. The molecule has 0 saturated heterocycles. The van der Waals surface area contributed by atoms with Crippen LogP contribution in [0, 0.1) is 11.3 Å². The molecule has 4 rings (SSSR count). The van der Waals surface area contributed by atoms with Gasteiger partial charge in [0.1, 0.15) is 22.6 Å². The number of nitrogens with zero attached hydrogens (tertiary/aromatic N) is 4. The third kappa shape index (κ3) is 5.13. The van der Waals surface area contributed by atoms with E-state index in [0.717, 1.165) is 27.6 Å². The summed E-state index contributed by atoms with van der Waals surface area (Å²) in [6, 6.07) is 9.88. The van der Waals surface area contributed by atoms with Crippen molar-refractivity contribution in [3.63, 3.8) is 0 Å². The molecule has 0 aliphatic carbocycles. The Morgan fingerprint density at radius 2 is 2.09 bits per heavy atom. The summed E-state index contributed by atoms with van der Waals surface area (Å²) < 4.78 is 7.27. The number of methoxy groups -OCH3 is 1. The van der Waals surface area contributed by atoms with Gasteiger partial charge in [0, 0.05) is 50.1 Å². The topological polar surface area (TPSA) is 100 Å². The number of hydrogen-bond acceptors (Lipinski definition) is 6. The minimum absolute atomic E-state index is 0.0722. The fourth-order valence-electron chi connectivity index (χ4n) is 4.18. The zero-order valence-corrected chi connectivity index (χ0v) is 20.2. The summed E-state index contributed by atoms with van der Waals surface area (Å²) in [4.78, 5) is 32.5. The highest BCUT2D eigenvalue weighted by molar-refractivity contribution is 7.16. The summed E-state index contributed by atoms with van der Waals surface area (Å²) in [5.74, 6) is 1.56. The van der Waals surface area contributed by atoms with Crippen molar-refractivity contribution in [1.82, 2.24) is 14.5 Å². The van der Waals surface area contributed by atoms with E-state index in [4.69, 9.17) is 4.74 Å². The first-order chi connectivity index (χ1) is 16.5. The first-order valence-corrected chi connectivity index (χ1v) is 12.0. The Morgan fingerprint density at radius 3 is 2.82 bits per heavy atom. The zero-order chi connectivity index (χ0) is 24.1. The van der Waals surface area contributed by atoms with E-state index in [1.165, 1.54) is 11.3 Å². The Morgan fingerprint density at radius 1 is 1.26 bits per heavy atom. The molecule has 3 heterocycles. The minimum atomic E-state index is -0.149. The predicted molar refractivity (Wildman–Crippen MR) is 130 cm³/mol. The van der Waals surface area contributed by atoms with Crippen LogP contribution in [-0.4, -0.2) is 39.9 Å². The predicted octanol–water partition coefficient (Wildman–Crippen LogP) is 3.45. The van der Waals surface area contributed by atoms with E-state index in [1.54, 1.807) is 13.3 Å². The van der Waals surface area contributed by atoms with Gasteiger partial charge < -0.3 is 19.5 Å². The molecule has 0 bridgehead atoms. The highest BCUT2D eigenvalue weighted by Gasteiger charge is 2.27. The van der Waals surface area contributed by atoms with Crippen molar-refractivity contribution >= 4 is 28.2 Å². The molecule has 3 aromatic rings. The Hall–Kier alpha value is -3.64. The van der Waals surface area contributed by atoms with Gasteiger partial charge in [0.15, 0.2) is 0 Å². The lowest BCUT2D eigenvalue weighted by Gasteiger charge is -2.27. The quantitative estimate of drug-likeness (QED) is 0.536. The van der Waals surface area contributed by atoms with E-state index in [-0.39, 0.29) is 18.2 Å². The van der Waals surface area contributed by atoms with E-state index in [0.29, 0.717) is 49.3 Å². The maximum absolute atomic E-state index is 12.8. The van der Waals surface area contributed by atoms with E-state index >= 15 is 0 Å². The largest absolute Gasteiger partial charge is 0.496 e. The summed E-state index contributed by atoms with van der Waals surface area (Å²) in [6.45, 7) is 1.03. The monoisotopic (exact) mass is 477 g/mol. The van der Waals surface area contributed by atoms with E-state index in [1.807, 2.05) is 47.0 Å². The fraction of sp³-hybridized carbons (Fsp3) is 0.360. The molecule has 0 atom stereocenters. The van der Waals surface area contributed by atoms with Crippen molar-refractivity contribution in [3.8, 4) is 11.8 Å². The number of anilines is 1. The Balaban J connectivity index is 1.38. The molecule has 1 aliphatic heterocycles. The number of aryl methyl sites for hydroxylation is 3. The molecule has 1 aromatic carbocycles. The molecule has 0 saturated carbocycles. The highest BCUT2D eigenvalue weighted by atomic mass is 32.1. The van der Waals surface area contributed by atoms with E-state index < -0.39 is 0 Å². The van der Waals surface area contributed by atoms with Crippen LogP contribution in [0.3, 0.4) is 0 Å².